The van der Waals surface area contributed by atoms with Gasteiger partial charge in [0.05, 0.1) is 26.3 Å². The first-order valence-electron chi connectivity index (χ1n) is 9.51. The second kappa shape index (κ2) is 8.82. The van der Waals surface area contributed by atoms with Crippen molar-refractivity contribution in [2.24, 2.45) is 0 Å². The van der Waals surface area contributed by atoms with Crippen LogP contribution in [0.2, 0.25) is 0 Å². The summed E-state index contributed by atoms with van der Waals surface area (Å²) in [7, 11) is 3.19. The summed E-state index contributed by atoms with van der Waals surface area (Å²) in [5, 5.41) is 0.961. The van der Waals surface area contributed by atoms with Gasteiger partial charge in [-0.05, 0) is 48.1 Å². The lowest BCUT2D eigenvalue weighted by molar-refractivity contribution is -0.129. The number of H-pyrrole nitrogens is 1. The third-order valence-corrected chi connectivity index (χ3v) is 5.09. The summed E-state index contributed by atoms with van der Waals surface area (Å²) in [6.07, 6.45) is 0.643. The van der Waals surface area contributed by atoms with Crippen LogP contribution in [0.3, 0.4) is 0 Å². The molecule has 0 saturated carbocycles. The molecule has 0 radical (unpaired) electrons. The number of amides is 1. The molecule has 6 nitrogen and oxygen atoms in total. The molecule has 1 amide bonds. The van der Waals surface area contributed by atoms with Crippen LogP contribution in [0.25, 0.3) is 10.9 Å². The number of pyridine rings is 1. The molecule has 1 heterocycles. The Bertz CT molecular complexity index is 1090. The van der Waals surface area contributed by atoms with Gasteiger partial charge in [-0.1, -0.05) is 24.3 Å². The molecule has 29 heavy (non-hydrogen) atoms. The molecule has 0 aliphatic heterocycles. The number of ether oxygens (including phenoxy) is 2. The Balaban J connectivity index is 1.79. The van der Waals surface area contributed by atoms with E-state index in [4.69, 9.17) is 9.47 Å². The van der Waals surface area contributed by atoms with E-state index < -0.39 is 0 Å². The van der Waals surface area contributed by atoms with Crippen molar-refractivity contribution in [2.75, 3.05) is 20.8 Å². The lowest BCUT2D eigenvalue weighted by atomic mass is 10.1. The van der Waals surface area contributed by atoms with Gasteiger partial charge in [0.25, 0.3) is 5.56 Å². The Morgan fingerprint density at radius 1 is 1.07 bits per heavy atom. The molecule has 3 aromatic rings. The Morgan fingerprint density at radius 3 is 2.52 bits per heavy atom. The number of nitrogens with one attached hydrogen (secondary N) is 1. The van der Waals surface area contributed by atoms with Crippen molar-refractivity contribution in [3.05, 3.63) is 69.5 Å². The quantitative estimate of drug-likeness (QED) is 0.666. The van der Waals surface area contributed by atoms with Gasteiger partial charge in [-0.15, -0.1) is 0 Å². The normalized spacial score (nSPS) is 10.8. The average Bonchev–Trinajstić information content (AvgIpc) is 2.71. The van der Waals surface area contributed by atoms with Gasteiger partial charge in [-0.3, -0.25) is 9.59 Å². The number of carbonyl (C=O) groups excluding carboxylic acids is 1. The highest BCUT2D eigenvalue weighted by Crippen LogP contribution is 2.27. The number of nitrogens with zero attached hydrogens (tertiary/aromatic N) is 1. The minimum Gasteiger partial charge on any atom is -0.493 e. The van der Waals surface area contributed by atoms with Crippen molar-refractivity contribution < 1.29 is 14.3 Å². The van der Waals surface area contributed by atoms with E-state index in [0.717, 1.165) is 22.0 Å². The number of hydrogen-bond acceptors (Lipinski definition) is 4. The topological polar surface area (TPSA) is 71.6 Å². The summed E-state index contributed by atoms with van der Waals surface area (Å²) < 4.78 is 10.6. The molecule has 152 valence electrons. The maximum absolute atomic E-state index is 12.5. The summed E-state index contributed by atoms with van der Waals surface area (Å²) in [5.74, 6) is 1.24. The van der Waals surface area contributed by atoms with Crippen molar-refractivity contribution in [3.63, 3.8) is 0 Å². The van der Waals surface area contributed by atoms with E-state index in [1.54, 1.807) is 19.1 Å². The molecule has 0 bridgehead atoms. The van der Waals surface area contributed by atoms with E-state index in [-0.39, 0.29) is 18.0 Å². The molecule has 0 unspecified atom stereocenters. The maximum atomic E-state index is 12.5. The first-order valence-corrected chi connectivity index (χ1v) is 9.51. The summed E-state index contributed by atoms with van der Waals surface area (Å²) >= 11 is 0. The largest absolute Gasteiger partial charge is 0.493 e. The molecule has 3 rings (SSSR count). The predicted octanol–water partition coefficient (Wildman–Crippen LogP) is 3.44. The van der Waals surface area contributed by atoms with Gasteiger partial charge in [-0.25, -0.2) is 0 Å². The van der Waals surface area contributed by atoms with Crippen LogP contribution in [0.5, 0.6) is 11.5 Å². The highest BCUT2D eigenvalue weighted by Gasteiger charge is 2.14. The highest BCUT2D eigenvalue weighted by atomic mass is 16.5. The van der Waals surface area contributed by atoms with Gasteiger partial charge in [0.2, 0.25) is 5.91 Å². The fourth-order valence-corrected chi connectivity index (χ4v) is 3.40. The van der Waals surface area contributed by atoms with Crippen LogP contribution >= 0.6 is 0 Å². The van der Waals surface area contributed by atoms with Gasteiger partial charge >= 0.3 is 0 Å². The molecule has 0 atom stereocenters. The molecule has 0 fully saturated rings. The van der Waals surface area contributed by atoms with Crippen molar-refractivity contribution >= 4 is 16.8 Å². The van der Waals surface area contributed by atoms with Gasteiger partial charge in [0.1, 0.15) is 0 Å². The molecule has 0 spiro atoms. The van der Waals surface area contributed by atoms with E-state index in [9.17, 15) is 9.59 Å². The fourth-order valence-electron chi connectivity index (χ4n) is 3.40. The van der Waals surface area contributed by atoms with Crippen LogP contribution in [0.4, 0.5) is 0 Å². The maximum Gasteiger partial charge on any atom is 0.253 e. The Labute approximate surface area is 170 Å². The third-order valence-electron chi connectivity index (χ3n) is 5.09. The number of hydrogen-bond donors (Lipinski definition) is 1. The van der Waals surface area contributed by atoms with E-state index in [1.807, 2.05) is 49.4 Å². The minimum absolute atomic E-state index is 0.0748. The molecule has 2 aromatic carbocycles. The number of rotatable bonds is 7. The first kappa shape index (κ1) is 20.5. The Hall–Kier alpha value is -3.28. The van der Waals surface area contributed by atoms with E-state index in [2.05, 4.69) is 4.98 Å². The number of aromatic nitrogens is 1. The van der Waals surface area contributed by atoms with Gasteiger partial charge in [0.15, 0.2) is 11.5 Å². The third kappa shape index (κ3) is 4.59. The lowest BCUT2D eigenvalue weighted by Gasteiger charge is -2.21. The molecule has 0 aliphatic carbocycles. The van der Waals surface area contributed by atoms with Crippen molar-refractivity contribution in [1.82, 2.24) is 9.88 Å². The van der Waals surface area contributed by atoms with Crippen LogP contribution in [0.1, 0.15) is 23.6 Å². The second-order valence-corrected chi connectivity index (χ2v) is 7.04. The van der Waals surface area contributed by atoms with E-state index in [1.165, 1.54) is 6.92 Å². The van der Waals surface area contributed by atoms with Crippen molar-refractivity contribution in [3.8, 4) is 11.5 Å². The average molecular weight is 394 g/mol. The molecular formula is C23H26N2O4. The van der Waals surface area contributed by atoms with Crippen LogP contribution in [-0.2, 0) is 17.8 Å². The number of aromatic amines is 1. The number of aryl methyl sites for hydroxylation is 1. The Morgan fingerprint density at radius 2 is 1.83 bits per heavy atom. The molecule has 0 saturated heterocycles. The predicted molar refractivity (Wildman–Crippen MR) is 114 cm³/mol. The monoisotopic (exact) mass is 394 g/mol. The van der Waals surface area contributed by atoms with E-state index in [0.29, 0.717) is 30.0 Å². The Kier molecular flexibility index (Phi) is 6.22. The van der Waals surface area contributed by atoms with Gasteiger partial charge in [0, 0.05) is 19.0 Å². The molecule has 0 aliphatic rings. The van der Waals surface area contributed by atoms with Crippen molar-refractivity contribution in [1.29, 1.82) is 0 Å². The SMILES string of the molecule is COc1ccc(CCN(Cc2cc3cccc(C)c3[nH]c2=O)C(C)=O)cc1OC. The summed E-state index contributed by atoms with van der Waals surface area (Å²) in [6, 6.07) is 13.5. The standard InChI is InChI=1S/C23H26N2O4/c1-15-6-5-7-18-13-19(23(27)24-22(15)18)14-25(16(2)26)11-10-17-8-9-20(28-3)21(12-17)29-4/h5-9,12-13H,10-11,14H2,1-4H3,(H,24,27). The smallest absolute Gasteiger partial charge is 0.253 e. The van der Waals surface area contributed by atoms with Crippen LogP contribution in [-0.4, -0.2) is 36.6 Å². The number of benzene rings is 2. The summed E-state index contributed by atoms with van der Waals surface area (Å²) in [6.45, 7) is 4.24. The van der Waals surface area contributed by atoms with Crippen LogP contribution < -0.4 is 15.0 Å². The lowest BCUT2D eigenvalue weighted by Crippen LogP contribution is -2.32. The molecule has 1 N–H and O–H groups in total. The minimum atomic E-state index is -0.163. The number of methoxy groups -OCH3 is 2. The van der Waals surface area contributed by atoms with Crippen LogP contribution in [0, 0.1) is 6.92 Å². The summed E-state index contributed by atoms with van der Waals surface area (Å²) in [5.41, 5.74) is 3.29. The molecular weight excluding hydrogens is 368 g/mol. The molecule has 1 aromatic heterocycles. The number of carbonyl (C=O) groups is 1. The fraction of sp³-hybridized carbons (Fsp3) is 0.304. The second-order valence-electron chi connectivity index (χ2n) is 7.04. The van der Waals surface area contributed by atoms with Gasteiger partial charge in [-0.2, -0.15) is 0 Å². The zero-order chi connectivity index (χ0) is 21.0. The zero-order valence-electron chi connectivity index (χ0n) is 17.2. The number of fused-ring (bicyclic) bond motifs is 1. The van der Waals surface area contributed by atoms with E-state index >= 15 is 0 Å². The number of para-hydroxylation sites is 1. The first-order chi connectivity index (χ1) is 13.9. The van der Waals surface area contributed by atoms with Gasteiger partial charge < -0.3 is 19.4 Å². The molecule has 6 heteroatoms. The zero-order valence-corrected chi connectivity index (χ0v) is 17.2. The van der Waals surface area contributed by atoms with Crippen LogP contribution in [0.15, 0.2) is 47.3 Å². The summed E-state index contributed by atoms with van der Waals surface area (Å²) in [4.78, 5) is 29.4. The van der Waals surface area contributed by atoms with Crippen molar-refractivity contribution in [2.45, 2.75) is 26.8 Å². The highest BCUT2D eigenvalue weighted by molar-refractivity contribution is 5.82.